The van der Waals surface area contributed by atoms with Crippen LogP contribution in [0, 0.1) is 5.92 Å². The predicted octanol–water partition coefficient (Wildman–Crippen LogP) is 1.16. The van der Waals surface area contributed by atoms with Crippen LogP contribution < -0.4 is 0 Å². The molecule has 2 aliphatic rings. The highest BCUT2D eigenvalue weighted by Crippen LogP contribution is 2.34. The number of hydrogen-bond donors (Lipinski definition) is 0. The van der Waals surface area contributed by atoms with Crippen molar-refractivity contribution in [1.82, 2.24) is 24.6 Å². The van der Waals surface area contributed by atoms with Crippen LogP contribution in [-0.4, -0.2) is 56.1 Å². The molecule has 2 fully saturated rings. The number of carbonyl (C=O) groups excluding carboxylic acids is 1. The molecule has 0 radical (unpaired) electrons. The standard InChI is InChI=1S/C17H21N5O/c1-20-15(4-8-19-20)17(23)21-9-5-14-11-22(16(14)12-21)10-13-2-6-18-7-3-13/h2-4,6-8,14,16H,5,9-12H2,1H3/t14-,16-/m1/s1. The largest absolute Gasteiger partial charge is 0.336 e. The Morgan fingerprint density at radius 1 is 1.22 bits per heavy atom. The molecule has 1 amide bonds. The lowest BCUT2D eigenvalue weighted by Crippen LogP contribution is -2.64. The molecule has 0 aromatic carbocycles. The molecule has 0 spiro atoms. The second kappa shape index (κ2) is 5.77. The van der Waals surface area contributed by atoms with Crippen LogP contribution in [0.3, 0.4) is 0 Å². The van der Waals surface area contributed by atoms with Crippen molar-refractivity contribution in [3.63, 3.8) is 0 Å². The zero-order valence-corrected chi connectivity index (χ0v) is 13.3. The fourth-order valence-corrected chi connectivity index (χ4v) is 3.74. The summed E-state index contributed by atoms with van der Waals surface area (Å²) in [6.45, 7) is 3.76. The molecule has 2 aliphatic heterocycles. The SMILES string of the molecule is Cn1nccc1C(=O)N1CC[C@@H]2CN(Cc3ccncc3)[C@@H]2C1. The molecule has 4 heterocycles. The van der Waals surface area contributed by atoms with Crippen LogP contribution in [0.25, 0.3) is 0 Å². The lowest BCUT2D eigenvalue weighted by molar-refractivity contribution is -0.0429. The third-order valence-corrected chi connectivity index (χ3v) is 5.12. The lowest BCUT2D eigenvalue weighted by atomic mass is 9.82. The highest BCUT2D eigenvalue weighted by molar-refractivity contribution is 5.92. The molecule has 2 saturated heterocycles. The van der Waals surface area contributed by atoms with Crippen LogP contribution in [0.5, 0.6) is 0 Å². The van der Waals surface area contributed by atoms with Gasteiger partial charge in [0.1, 0.15) is 5.69 Å². The van der Waals surface area contributed by atoms with Gasteiger partial charge in [-0.25, -0.2) is 0 Å². The molecule has 4 rings (SSSR count). The van der Waals surface area contributed by atoms with Gasteiger partial charge in [-0.05, 0) is 36.1 Å². The highest BCUT2D eigenvalue weighted by atomic mass is 16.2. The first kappa shape index (κ1) is 14.4. The molecule has 120 valence electrons. The van der Waals surface area contributed by atoms with E-state index in [-0.39, 0.29) is 5.91 Å². The minimum Gasteiger partial charge on any atom is -0.336 e. The fraction of sp³-hybridized carbons (Fsp3) is 0.471. The van der Waals surface area contributed by atoms with Gasteiger partial charge < -0.3 is 4.90 Å². The van der Waals surface area contributed by atoms with Crippen LogP contribution in [-0.2, 0) is 13.6 Å². The minimum atomic E-state index is 0.0965. The van der Waals surface area contributed by atoms with Crippen molar-refractivity contribution >= 4 is 5.91 Å². The summed E-state index contributed by atoms with van der Waals surface area (Å²) in [5, 5.41) is 4.10. The van der Waals surface area contributed by atoms with Gasteiger partial charge in [0.05, 0.1) is 0 Å². The molecule has 2 aromatic heterocycles. The average Bonchev–Trinajstić information content (AvgIpc) is 2.99. The molecule has 0 unspecified atom stereocenters. The van der Waals surface area contributed by atoms with Crippen LogP contribution in [0.15, 0.2) is 36.8 Å². The van der Waals surface area contributed by atoms with E-state index in [4.69, 9.17) is 0 Å². The Kier molecular flexibility index (Phi) is 3.61. The highest BCUT2D eigenvalue weighted by Gasteiger charge is 2.43. The number of fused-ring (bicyclic) bond motifs is 1. The molecular formula is C17H21N5O. The van der Waals surface area contributed by atoms with Crippen LogP contribution >= 0.6 is 0 Å². The zero-order valence-electron chi connectivity index (χ0n) is 13.3. The monoisotopic (exact) mass is 311 g/mol. The fourth-order valence-electron chi connectivity index (χ4n) is 3.74. The van der Waals surface area contributed by atoms with E-state index in [9.17, 15) is 4.79 Å². The number of aryl methyl sites for hydroxylation is 1. The number of rotatable bonds is 3. The Morgan fingerprint density at radius 2 is 2.04 bits per heavy atom. The van der Waals surface area contributed by atoms with Crippen molar-refractivity contribution in [1.29, 1.82) is 0 Å². The Bertz CT molecular complexity index is 698. The number of nitrogens with zero attached hydrogens (tertiary/aromatic N) is 5. The molecule has 23 heavy (non-hydrogen) atoms. The van der Waals surface area contributed by atoms with Gasteiger partial charge in [0.2, 0.25) is 0 Å². The van der Waals surface area contributed by atoms with Crippen molar-refractivity contribution in [2.24, 2.45) is 13.0 Å². The number of carbonyl (C=O) groups is 1. The van der Waals surface area contributed by atoms with Gasteiger partial charge in [0.25, 0.3) is 5.91 Å². The Balaban J connectivity index is 1.42. The van der Waals surface area contributed by atoms with E-state index in [1.165, 1.54) is 5.56 Å². The lowest BCUT2D eigenvalue weighted by Gasteiger charge is -2.53. The smallest absolute Gasteiger partial charge is 0.272 e. The Hall–Kier alpha value is -2.21. The van der Waals surface area contributed by atoms with Crippen molar-refractivity contribution < 1.29 is 4.79 Å². The number of pyridine rings is 1. The first-order valence-corrected chi connectivity index (χ1v) is 8.12. The summed E-state index contributed by atoms with van der Waals surface area (Å²) >= 11 is 0. The summed E-state index contributed by atoms with van der Waals surface area (Å²) in [4.78, 5) is 21.2. The average molecular weight is 311 g/mol. The van der Waals surface area contributed by atoms with E-state index in [1.54, 1.807) is 16.9 Å². The predicted molar refractivity (Wildman–Crippen MR) is 85.7 cm³/mol. The number of likely N-dealkylation sites (tertiary alicyclic amines) is 2. The van der Waals surface area contributed by atoms with Crippen LogP contribution in [0.1, 0.15) is 22.5 Å². The molecule has 0 bridgehead atoms. The van der Waals surface area contributed by atoms with Gasteiger partial charge in [0.15, 0.2) is 0 Å². The van der Waals surface area contributed by atoms with Gasteiger partial charge in [-0.15, -0.1) is 0 Å². The van der Waals surface area contributed by atoms with Gasteiger partial charge in [-0.3, -0.25) is 19.4 Å². The van der Waals surface area contributed by atoms with Gasteiger partial charge in [-0.2, -0.15) is 5.10 Å². The zero-order chi connectivity index (χ0) is 15.8. The minimum absolute atomic E-state index is 0.0965. The number of amides is 1. The molecule has 2 atom stereocenters. The van der Waals surface area contributed by atoms with Gasteiger partial charge in [0, 0.05) is 57.9 Å². The third kappa shape index (κ3) is 2.63. The Labute approximate surface area is 135 Å². The normalized spacial score (nSPS) is 24.1. The summed E-state index contributed by atoms with van der Waals surface area (Å²) in [7, 11) is 1.82. The van der Waals surface area contributed by atoms with Crippen molar-refractivity contribution in [3.05, 3.63) is 48.0 Å². The maximum Gasteiger partial charge on any atom is 0.272 e. The summed E-state index contributed by atoms with van der Waals surface area (Å²) in [6.07, 6.45) is 6.46. The summed E-state index contributed by atoms with van der Waals surface area (Å²) < 4.78 is 1.66. The van der Waals surface area contributed by atoms with Gasteiger partial charge in [-0.1, -0.05) is 0 Å². The summed E-state index contributed by atoms with van der Waals surface area (Å²) in [6, 6.07) is 6.40. The molecule has 0 N–H and O–H groups in total. The summed E-state index contributed by atoms with van der Waals surface area (Å²) in [5.41, 5.74) is 1.96. The van der Waals surface area contributed by atoms with E-state index < -0.39 is 0 Å². The van der Waals surface area contributed by atoms with E-state index in [2.05, 4.69) is 27.1 Å². The number of hydrogen-bond acceptors (Lipinski definition) is 4. The van der Waals surface area contributed by atoms with E-state index in [0.717, 1.165) is 38.5 Å². The third-order valence-electron chi connectivity index (χ3n) is 5.12. The summed E-state index contributed by atoms with van der Waals surface area (Å²) in [5.74, 6) is 0.826. The molecule has 0 saturated carbocycles. The quantitative estimate of drug-likeness (QED) is 0.853. The van der Waals surface area contributed by atoms with E-state index in [0.29, 0.717) is 11.7 Å². The second-order valence-corrected chi connectivity index (χ2v) is 6.49. The van der Waals surface area contributed by atoms with Crippen molar-refractivity contribution in [2.45, 2.75) is 19.0 Å². The number of piperidine rings is 1. The molecule has 0 aliphatic carbocycles. The molecular weight excluding hydrogens is 290 g/mol. The number of aromatic nitrogens is 3. The topological polar surface area (TPSA) is 54.3 Å². The van der Waals surface area contributed by atoms with Crippen LogP contribution in [0.2, 0.25) is 0 Å². The van der Waals surface area contributed by atoms with E-state index >= 15 is 0 Å². The van der Waals surface area contributed by atoms with Crippen molar-refractivity contribution in [3.8, 4) is 0 Å². The Morgan fingerprint density at radius 3 is 2.78 bits per heavy atom. The van der Waals surface area contributed by atoms with Gasteiger partial charge >= 0.3 is 0 Å². The van der Waals surface area contributed by atoms with Crippen molar-refractivity contribution in [2.75, 3.05) is 19.6 Å². The van der Waals surface area contributed by atoms with E-state index in [1.807, 2.05) is 24.3 Å². The first-order chi connectivity index (χ1) is 11.2. The molecule has 6 heteroatoms. The maximum atomic E-state index is 12.7. The maximum absolute atomic E-state index is 12.7. The second-order valence-electron chi connectivity index (χ2n) is 6.49. The molecule has 6 nitrogen and oxygen atoms in total. The first-order valence-electron chi connectivity index (χ1n) is 8.12. The molecule has 2 aromatic rings. The van der Waals surface area contributed by atoms with Crippen LogP contribution in [0.4, 0.5) is 0 Å².